The molecule has 0 heterocycles. The quantitative estimate of drug-likeness (QED) is 0.724. The maximum absolute atomic E-state index is 12.8. The maximum Gasteiger partial charge on any atom is 0.255 e. The lowest BCUT2D eigenvalue weighted by atomic mass is 10.0. The smallest absolute Gasteiger partial charge is 0.255 e. The summed E-state index contributed by atoms with van der Waals surface area (Å²) in [5, 5.41) is 3.54. The summed E-state index contributed by atoms with van der Waals surface area (Å²) in [7, 11) is -3.61. The lowest BCUT2D eigenvalue weighted by Gasteiger charge is -2.16. The number of carbonyl (C=O) groups is 1. The van der Waals surface area contributed by atoms with Gasteiger partial charge >= 0.3 is 0 Å². The monoisotopic (exact) mass is 406 g/mol. The summed E-state index contributed by atoms with van der Waals surface area (Å²) in [4.78, 5) is 12.9. The number of carbonyl (C=O) groups excluding carboxylic acids is 1. The minimum absolute atomic E-state index is 0.0122. The van der Waals surface area contributed by atoms with Gasteiger partial charge in [0.05, 0.1) is 4.90 Å². The highest BCUT2D eigenvalue weighted by molar-refractivity contribution is 7.89. The minimum Gasteiger partial charge on any atom is -0.321 e. The van der Waals surface area contributed by atoms with Crippen LogP contribution in [-0.2, 0) is 22.9 Å². The molecule has 2 aromatic rings. The average Bonchev–Trinajstić information content (AvgIpc) is 3.45. The van der Waals surface area contributed by atoms with E-state index in [1.807, 2.05) is 26.0 Å². The van der Waals surface area contributed by atoms with Gasteiger partial charge in [-0.3, -0.25) is 4.79 Å². The Hall–Kier alpha value is -1.89. The molecular weight excluding hydrogens is 384 g/mol. The van der Waals surface area contributed by atoms with Gasteiger partial charge in [-0.25, -0.2) is 13.1 Å². The van der Waals surface area contributed by atoms with Crippen molar-refractivity contribution in [1.82, 2.24) is 4.72 Å². The van der Waals surface area contributed by atoms with Crippen LogP contribution in [0.5, 0.6) is 0 Å². The van der Waals surface area contributed by atoms with Crippen LogP contribution in [0.1, 0.15) is 48.2 Å². The highest BCUT2D eigenvalue weighted by atomic mass is 35.5. The van der Waals surface area contributed by atoms with Gasteiger partial charge in [0.25, 0.3) is 5.91 Å². The molecule has 0 aromatic heterocycles. The van der Waals surface area contributed by atoms with Crippen LogP contribution in [-0.4, -0.2) is 20.4 Å². The number of rotatable bonds is 7. The van der Waals surface area contributed by atoms with E-state index in [0.29, 0.717) is 17.1 Å². The molecule has 0 saturated heterocycles. The molecule has 1 aliphatic carbocycles. The highest BCUT2D eigenvalue weighted by Gasteiger charge is 2.28. The van der Waals surface area contributed by atoms with Gasteiger partial charge in [0, 0.05) is 22.3 Å². The molecule has 0 spiro atoms. The van der Waals surface area contributed by atoms with Crippen LogP contribution in [0, 0.1) is 0 Å². The molecular formula is C20H23ClN2O3S. The summed E-state index contributed by atoms with van der Waals surface area (Å²) >= 11 is 6.29. The molecule has 2 aromatic carbocycles. The fourth-order valence-corrected chi connectivity index (χ4v) is 4.59. The zero-order valence-corrected chi connectivity index (χ0v) is 17.0. The lowest BCUT2D eigenvalue weighted by molar-refractivity contribution is 0.102. The van der Waals surface area contributed by atoms with Crippen molar-refractivity contribution in [3.63, 3.8) is 0 Å². The Kier molecular flexibility index (Phi) is 5.89. The molecule has 2 N–H and O–H groups in total. The minimum atomic E-state index is -3.61. The van der Waals surface area contributed by atoms with Crippen LogP contribution < -0.4 is 10.0 Å². The standard InChI is InChI=1S/C20H23ClN2O3S/c1-3-13-8-11-18(21)17(4-2)19(13)22-20(24)14-6-5-7-16(12-14)27(25,26)23-15-9-10-15/h5-8,11-12,15,23H,3-4,9-10H2,1-2H3,(H,22,24). The summed E-state index contributed by atoms with van der Waals surface area (Å²) in [6.45, 7) is 3.99. The van der Waals surface area contributed by atoms with E-state index >= 15 is 0 Å². The van der Waals surface area contributed by atoms with Crippen LogP contribution >= 0.6 is 11.6 Å². The predicted octanol–water partition coefficient (Wildman–Crippen LogP) is 4.16. The fourth-order valence-electron chi connectivity index (χ4n) is 2.95. The second-order valence-corrected chi connectivity index (χ2v) is 8.77. The molecule has 27 heavy (non-hydrogen) atoms. The molecule has 1 saturated carbocycles. The molecule has 0 bridgehead atoms. The number of sulfonamides is 1. The molecule has 7 heteroatoms. The Morgan fingerprint density at radius 3 is 2.52 bits per heavy atom. The second-order valence-electron chi connectivity index (χ2n) is 6.64. The lowest BCUT2D eigenvalue weighted by Crippen LogP contribution is -2.26. The maximum atomic E-state index is 12.8. The molecule has 5 nitrogen and oxygen atoms in total. The summed E-state index contributed by atoms with van der Waals surface area (Å²) in [5.41, 5.74) is 2.87. The summed E-state index contributed by atoms with van der Waals surface area (Å²) in [6, 6.07) is 9.84. The third-order valence-corrected chi connectivity index (χ3v) is 6.49. The number of nitrogens with one attached hydrogen (secondary N) is 2. The van der Waals surface area contributed by atoms with Crippen molar-refractivity contribution in [2.45, 2.75) is 50.5 Å². The van der Waals surface area contributed by atoms with Gasteiger partial charge in [-0.2, -0.15) is 0 Å². The van der Waals surface area contributed by atoms with Crippen LogP contribution in [0.4, 0.5) is 5.69 Å². The Labute approximate surface area is 165 Å². The number of halogens is 1. The number of hydrogen-bond acceptors (Lipinski definition) is 3. The van der Waals surface area contributed by atoms with Gasteiger partial charge in [0.1, 0.15) is 0 Å². The van der Waals surface area contributed by atoms with Gasteiger partial charge in [-0.05, 0) is 61.1 Å². The number of aryl methyl sites for hydroxylation is 1. The van der Waals surface area contributed by atoms with Crippen LogP contribution in [0.25, 0.3) is 0 Å². The van der Waals surface area contributed by atoms with E-state index < -0.39 is 10.0 Å². The van der Waals surface area contributed by atoms with Crippen molar-refractivity contribution < 1.29 is 13.2 Å². The Bertz CT molecular complexity index is 969. The van der Waals surface area contributed by atoms with E-state index in [9.17, 15) is 13.2 Å². The molecule has 1 amide bonds. The van der Waals surface area contributed by atoms with E-state index in [1.54, 1.807) is 12.1 Å². The number of anilines is 1. The van der Waals surface area contributed by atoms with Crippen molar-refractivity contribution >= 4 is 33.2 Å². The zero-order chi connectivity index (χ0) is 19.6. The number of hydrogen-bond donors (Lipinski definition) is 2. The van der Waals surface area contributed by atoms with Crippen molar-refractivity contribution in [2.75, 3.05) is 5.32 Å². The third-order valence-electron chi connectivity index (χ3n) is 4.62. The molecule has 0 atom stereocenters. The molecule has 0 unspecified atom stereocenters. The van der Waals surface area contributed by atoms with Crippen molar-refractivity contribution in [3.05, 3.63) is 58.1 Å². The summed E-state index contributed by atoms with van der Waals surface area (Å²) in [6.07, 6.45) is 3.14. The first-order valence-corrected chi connectivity index (χ1v) is 11.0. The van der Waals surface area contributed by atoms with E-state index in [1.165, 1.54) is 12.1 Å². The van der Waals surface area contributed by atoms with Gasteiger partial charge in [0.2, 0.25) is 10.0 Å². The Morgan fingerprint density at radius 1 is 1.15 bits per heavy atom. The van der Waals surface area contributed by atoms with Gasteiger partial charge in [-0.1, -0.05) is 37.6 Å². The topological polar surface area (TPSA) is 75.3 Å². The van der Waals surface area contributed by atoms with Gasteiger partial charge in [-0.15, -0.1) is 0 Å². The average molecular weight is 407 g/mol. The molecule has 144 valence electrons. The Morgan fingerprint density at radius 2 is 1.89 bits per heavy atom. The zero-order valence-electron chi connectivity index (χ0n) is 15.4. The SMILES string of the molecule is CCc1ccc(Cl)c(CC)c1NC(=O)c1cccc(S(=O)(=O)NC2CC2)c1. The predicted molar refractivity (Wildman–Crippen MR) is 108 cm³/mol. The number of amides is 1. The number of benzene rings is 2. The first-order chi connectivity index (χ1) is 12.9. The van der Waals surface area contributed by atoms with Crippen molar-refractivity contribution in [3.8, 4) is 0 Å². The molecule has 0 radical (unpaired) electrons. The normalized spacial score (nSPS) is 14.2. The second kappa shape index (κ2) is 8.00. The summed E-state index contributed by atoms with van der Waals surface area (Å²) in [5.74, 6) is -0.356. The molecule has 1 fully saturated rings. The first-order valence-electron chi connectivity index (χ1n) is 9.09. The van der Waals surface area contributed by atoms with E-state index in [4.69, 9.17) is 11.6 Å². The highest BCUT2D eigenvalue weighted by Crippen LogP contribution is 2.30. The molecule has 1 aliphatic rings. The van der Waals surface area contributed by atoms with Gasteiger partial charge in [0.15, 0.2) is 0 Å². The van der Waals surface area contributed by atoms with Gasteiger partial charge < -0.3 is 5.32 Å². The van der Waals surface area contributed by atoms with Crippen molar-refractivity contribution in [2.24, 2.45) is 0 Å². The fraction of sp³-hybridized carbons (Fsp3) is 0.350. The van der Waals surface area contributed by atoms with E-state index in [2.05, 4.69) is 10.0 Å². The van der Waals surface area contributed by atoms with Crippen LogP contribution in [0.3, 0.4) is 0 Å². The molecule has 0 aliphatic heterocycles. The van der Waals surface area contributed by atoms with Crippen LogP contribution in [0.2, 0.25) is 5.02 Å². The van der Waals surface area contributed by atoms with Crippen molar-refractivity contribution in [1.29, 1.82) is 0 Å². The van der Waals surface area contributed by atoms with Crippen LogP contribution in [0.15, 0.2) is 41.3 Å². The summed E-state index contributed by atoms with van der Waals surface area (Å²) < 4.78 is 27.4. The largest absolute Gasteiger partial charge is 0.321 e. The van der Waals surface area contributed by atoms with E-state index in [0.717, 1.165) is 30.4 Å². The molecule has 3 rings (SSSR count). The first kappa shape index (κ1) is 19.9. The Balaban J connectivity index is 1.89. The third kappa shape index (κ3) is 4.51. The van der Waals surface area contributed by atoms with E-state index in [-0.39, 0.29) is 22.4 Å².